The van der Waals surface area contributed by atoms with E-state index < -0.39 is 11.9 Å². The van der Waals surface area contributed by atoms with Gasteiger partial charge >= 0.3 is 18.0 Å². The average Bonchev–Trinajstić information content (AvgIpc) is 3.02. The van der Waals surface area contributed by atoms with Crippen LogP contribution in [0.15, 0.2) is 24.7 Å². The normalized spacial score (nSPS) is 14.3. The van der Waals surface area contributed by atoms with Gasteiger partial charge in [0.15, 0.2) is 5.65 Å². The summed E-state index contributed by atoms with van der Waals surface area (Å²) in [7, 11) is 0. The molecule has 1 saturated heterocycles. The van der Waals surface area contributed by atoms with Crippen molar-refractivity contribution in [3.05, 3.63) is 24.7 Å². The quantitative estimate of drug-likeness (QED) is 0.430. The Bertz CT molecular complexity index is 936. The molecule has 1 fully saturated rings. The minimum atomic E-state index is -1.26. The lowest BCUT2D eigenvalue weighted by atomic mass is 10.2. The molecule has 1 aliphatic rings. The number of aliphatic carboxylic acids is 2. The highest BCUT2D eigenvalue weighted by atomic mass is 16.4. The van der Waals surface area contributed by atoms with Gasteiger partial charge in [0.25, 0.3) is 0 Å². The van der Waals surface area contributed by atoms with Gasteiger partial charge in [-0.1, -0.05) is 19.8 Å². The number of hydrogen-bond donors (Lipinski definition) is 4. The molecule has 2 amide bonds. The van der Waals surface area contributed by atoms with Crippen molar-refractivity contribution in [1.29, 1.82) is 0 Å². The minimum Gasteiger partial charge on any atom is -0.478 e. The van der Waals surface area contributed by atoms with Gasteiger partial charge in [-0.15, -0.1) is 0 Å². The SMILES string of the molecule is CCCNC(=O)Nc1ncnc2c1cnn2CCN1CCCCCC1.O=C(O)C=CC(=O)O. The van der Waals surface area contributed by atoms with Crippen molar-refractivity contribution in [3.63, 3.8) is 0 Å². The van der Waals surface area contributed by atoms with Crippen molar-refractivity contribution in [2.75, 3.05) is 31.5 Å². The second-order valence-corrected chi connectivity index (χ2v) is 7.47. The third kappa shape index (κ3) is 9.23. The van der Waals surface area contributed by atoms with Crippen LogP contribution in [0, 0.1) is 0 Å². The number of likely N-dealkylation sites (tertiary alicyclic amines) is 1. The van der Waals surface area contributed by atoms with E-state index in [2.05, 4.69) is 30.6 Å². The Morgan fingerprint density at radius 3 is 2.30 bits per heavy atom. The van der Waals surface area contributed by atoms with Crippen molar-refractivity contribution in [3.8, 4) is 0 Å². The van der Waals surface area contributed by atoms with Crippen LogP contribution in [-0.4, -0.2) is 79.0 Å². The first-order valence-corrected chi connectivity index (χ1v) is 11.0. The van der Waals surface area contributed by atoms with Gasteiger partial charge in [0.05, 0.1) is 18.1 Å². The molecule has 0 atom stereocenters. The largest absolute Gasteiger partial charge is 0.478 e. The third-order valence-corrected chi connectivity index (χ3v) is 4.90. The Hall–Kier alpha value is -3.54. The number of fused-ring (bicyclic) bond motifs is 1. The number of carbonyl (C=O) groups excluding carboxylic acids is 1. The maximum atomic E-state index is 11.9. The smallest absolute Gasteiger partial charge is 0.328 e. The molecule has 0 bridgehead atoms. The van der Waals surface area contributed by atoms with Crippen molar-refractivity contribution in [2.24, 2.45) is 0 Å². The first-order valence-electron chi connectivity index (χ1n) is 11.0. The van der Waals surface area contributed by atoms with E-state index in [1.54, 1.807) is 6.20 Å². The van der Waals surface area contributed by atoms with Gasteiger partial charge in [-0.3, -0.25) is 5.32 Å². The van der Waals surface area contributed by atoms with E-state index in [1.165, 1.54) is 45.1 Å². The van der Waals surface area contributed by atoms with Crippen LogP contribution in [0.2, 0.25) is 0 Å². The van der Waals surface area contributed by atoms with Crippen molar-refractivity contribution in [1.82, 2.24) is 30.0 Å². The predicted octanol–water partition coefficient (Wildman–Crippen LogP) is 1.95. The maximum absolute atomic E-state index is 11.9. The van der Waals surface area contributed by atoms with Gasteiger partial charge in [-0.05, 0) is 32.4 Å². The van der Waals surface area contributed by atoms with Gasteiger partial charge < -0.3 is 20.4 Å². The maximum Gasteiger partial charge on any atom is 0.328 e. The number of hydrogen-bond acceptors (Lipinski definition) is 7. The second-order valence-electron chi connectivity index (χ2n) is 7.47. The number of urea groups is 1. The van der Waals surface area contributed by atoms with Crippen LogP contribution in [0.25, 0.3) is 11.0 Å². The Kier molecular flexibility index (Phi) is 10.7. The summed E-state index contributed by atoms with van der Waals surface area (Å²) in [6.07, 6.45) is 10.4. The molecule has 12 nitrogen and oxygen atoms in total. The monoisotopic (exact) mass is 461 g/mol. The molecule has 0 spiro atoms. The van der Waals surface area contributed by atoms with Gasteiger partial charge in [0.1, 0.15) is 12.1 Å². The molecule has 2 aromatic rings. The predicted molar refractivity (Wildman–Crippen MR) is 122 cm³/mol. The number of carboxylic acid groups (broad SMARTS) is 2. The topological polar surface area (TPSA) is 163 Å². The molecule has 3 rings (SSSR count). The zero-order valence-electron chi connectivity index (χ0n) is 18.7. The van der Waals surface area contributed by atoms with Crippen LogP contribution in [0.4, 0.5) is 10.6 Å². The van der Waals surface area contributed by atoms with Gasteiger partial charge in [-0.25, -0.2) is 29.0 Å². The van der Waals surface area contributed by atoms with Crippen molar-refractivity contribution < 1.29 is 24.6 Å². The van der Waals surface area contributed by atoms with Gasteiger partial charge in [0, 0.05) is 25.2 Å². The summed E-state index contributed by atoms with van der Waals surface area (Å²) in [4.78, 5) is 42.0. The lowest BCUT2D eigenvalue weighted by Gasteiger charge is -2.19. The van der Waals surface area contributed by atoms with E-state index in [0.717, 1.165) is 30.5 Å². The molecule has 0 saturated carbocycles. The molecule has 0 aromatic carbocycles. The van der Waals surface area contributed by atoms with E-state index in [9.17, 15) is 14.4 Å². The molecule has 33 heavy (non-hydrogen) atoms. The molecular formula is C21H31N7O5. The first-order chi connectivity index (χ1) is 15.9. The molecule has 0 radical (unpaired) electrons. The number of nitrogens with zero attached hydrogens (tertiary/aromatic N) is 5. The Labute approximate surface area is 191 Å². The zero-order chi connectivity index (χ0) is 24.1. The number of amides is 2. The van der Waals surface area contributed by atoms with E-state index in [4.69, 9.17) is 10.2 Å². The Morgan fingerprint density at radius 1 is 1.03 bits per heavy atom. The van der Waals surface area contributed by atoms with E-state index in [-0.39, 0.29) is 6.03 Å². The molecule has 3 heterocycles. The second kappa shape index (κ2) is 13.8. The van der Waals surface area contributed by atoms with E-state index in [0.29, 0.717) is 24.5 Å². The van der Waals surface area contributed by atoms with Crippen LogP contribution in [0.1, 0.15) is 39.0 Å². The van der Waals surface area contributed by atoms with Crippen LogP contribution in [-0.2, 0) is 16.1 Å². The minimum absolute atomic E-state index is 0.251. The molecule has 0 unspecified atom stereocenters. The van der Waals surface area contributed by atoms with Crippen molar-refractivity contribution >= 4 is 34.8 Å². The highest BCUT2D eigenvalue weighted by Gasteiger charge is 2.14. The van der Waals surface area contributed by atoms with Crippen LogP contribution >= 0.6 is 0 Å². The fourth-order valence-corrected chi connectivity index (χ4v) is 3.28. The molecule has 12 heteroatoms. The summed E-state index contributed by atoms with van der Waals surface area (Å²) in [5.74, 6) is -2.01. The lowest BCUT2D eigenvalue weighted by Crippen LogP contribution is -2.29. The highest BCUT2D eigenvalue weighted by Crippen LogP contribution is 2.18. The van der Waals surface area contributed by atoms with Crippen LogP contribution < -0.4 is 10.6 Å². The van der Waals surface area contributed by atoms with Gasteiger partial charge in [-0.2, -0.15) is 5.10 Å². The zero-order valence-corrected chi connectivity index (χ0v) is 18.7. The molecular weight excluding hydrogens is 430 g/mol. The summed E-state index contributed by atoms with van der Waals surface area (Å²) in [6, 6.07) is -0.251. The molecule has 180 valence electrons. The summed E-state index contributed by atoms with van der Waals surface area (Å²) in [6.45, 7) is 6.74. The van der Waals surface area contributed by atoms with E-state index >= 15 is 0 Å². The summed E-state index contributed by atoms with van der Waals surface area (Å²) in [5, 5.41) is 26.4. The summed E-state index contributed by atoms with van der Waals surface area (Å²) < 4.78 is 1.90. The summed E-state index contributed by atoms with van der Waals surface area (Å²) >= 11 is 0. The lowest BCUT2D eigenvalue weighted by molar-refractivity contribution is -0.134. The van der Waals surface area contributed by atoms with Crippen LogP contribution in [0.3, 0.4) is 0 Å². The third-order valence-electron chi connectivity index (χ3n) is 4.90. The Balaban J connectivity index is 0.000000414. The van der Waals surface area contributed by atoms with Crippen molar-refractivity contribution in [2.45, 2.75) is 45.6 Å². The number of anilines is 1. The fourth-order valence-electron chi connectivity index (χ4n) is 3.28. The number of carbonyl (C=O) groups is 3. The average molecular weight is 462 g/mol. The first kappa shape index (κ1) is 25.7. The molecule has 2 aromatic heterocycles. The number of carboxylic acids is 2. The number of nitrogens with one attached hydrogen (secondary N) is 2. The van der Waals surface area contributed by atoms with Gasteiger partial charge in [0.2, 0.25) is 0 Å². The molecule has 0 aliphatic carbocycles. The molecule has 1 aliphatic heterocycles. The van der Waals surface area contributed by atoms with E-state index in [1.807, 2.05) is 11.6 Å². The summed E-state index contributed by atoms with van der Waals surface area (Å²) in [5.41, 5.74) is 0.760. The number of rotatable bonds is 8. The molecule has 4 N–H and O–H groups in total. The van der Waals surface area contributed by atoms with Crippen LogP contribution in [0.5, 0.6) is 0 Å². The Morgan fingerprint density at radius 2 is 1.70 bits per heavy atom. The highest BCUT2D eigenvalue weighted by molar-refractivity contribution is 5.97. The standard InChI is InChI=1S/C17H27N7O.C4H4O4/c1-2-7-18-17(25)22-15-14-12-21-24(16(14)20-13-19-15)11-10-23-8-5-3-4-6-9-23;5-3(6)1-2-4(7)8/h12-13H,2-11H2,1H3,(H2,18,19,20,22,25);1-2H,(H,5,6)(H,7,8). The fraction of sp³-hybridized carbons (Fsp3) is 0.524. The number of aromatic nitrogens is 4.